The van der Waals surface area contributed by atoms with Crippen molar-refractivity contribution in [2.75, 3.05) is 6.61 Å². The molecule has 0 fully saturated rings. The van der Waals surface area contributed by atoms with Crippen molar-refractivity contribution in [2.24, 2.45) is 7.05 Å². The number of rotatable bonds is 5. The molecule has 0 aliphatic heterocycles. The summed E-state index contributed by atoms with van der Waals surface area (Å²) in [7, 11) is 2.02. The summed E-state index contributed by atoms with van der Waals surface area (Å²) in [6.07, 6.45) is 2.98. The van der Waals surface area contributed by atoms with E-state index in [1.807, 2.05) is 19.3 Å². The smallest absolute Gasteiger partial charge is 0.0584 e. The highest BCUT2D eigenvalue weighted by Gasteiger charge is 2.03. The van der Waals surface area contributed by atoms with Crippen LogP contribution in [0.1, 0.15) is 19.0 Å². The van der Waals surface area contributed by atoms with E-state index in [0.717, 1.165) is 13.0 Å². The maximum atomic E-state index is 8.95. The zero-order valence-corrected chi connectivity index (χ0v) is 8.33. The lowest BCUT2D eigenvalue weighted by atomic mass is 10.2. The Labute approximate surface area is 79.4 Å². The molecule has 1 atom stereocenters. The van der Waals surface area contributed by atoms with Crippen molar-refractivity contribution in [3.8, 4) is 0 Å². The molecule has 0 aromatic carbocycles. The van der Waals surface area contributed by atoms with Crippen LogP contribution < -0.4 is 5.32 Å². The molecule has 0 saturated carbocycles. The van der Waals surface area contributed by atoms with Crippen molar-refractivity contribution in [3.63, 3.8) is 0 Å². The van der Waals surface area contributed by atoms with Crippen molar-refractivity contribution < 1.29 is 5.11 Å². The van der Waals surface area contributed by atoms with Gasteiger partial charge in [-0.3, -0.25) is 0 Å². The van der Waals surface area contributed by atoms with Crippen LogP contribution in [0.3, 0.4) is 0 Å². The highest BCUT2D eigenvalue weighted by Crippen LogP contribution is 2.00. The second-order valence-corrected chi connectivity index (χ2v) is 3.28. The van der Waals surface area contributed by atoms with E-state index in [1.165, 1.54) is 5.69 Å². The first-order chi connectivity index (χ1) is 6.27. The van der Waals surface area contributed by atoms with Gasteiger partial charge < -0.3 is 15.0 Å². The molecule has 1 aromatic rings. The summed E-state index contributed by atoms with van der Waals surface area (Å²) >= 11 is 0. The zero-order chi connectivity index (χ0) is 9.68. The van der Waals surface area contributed by atoms with E-state index >= 15 is 0 Å². The number of hydrogen-bond donors (Lipinski definition) is 2. The molecule has 0 spiro atoms. The fourth-order valence-corrected chi connectivity index (χ4v) is 1.27. The van der Waals surface area contributed by atoms with Gasteiger partial charge in [0, 0.05) is 31.5 Å². The van der Waals surface area contributed by atoms with Crippen molar-refractivity contribution in [2.45, 2.75) is 25.9 Å². The summed E-state index contributed by atoms with van der Waals surface area (Å²) in [5.41, 5.74) is 1.24. The molecule has 0 aliphatic rings. The molecule has 13 heavy (non-hydrogen) atoms. The molecule has 3 nitrogen and oxygen atoms in total. The van der Waals surface area contributed by atoms with Crippen LogP contribution >= 0.6 is 0 Å². The second-order valence-electron chi connectivity index (χ2n) is 3.28. The lowest BCUT2D eigenvalue weighted by Crippen LogP contribution is -2.31. The highest BCUT2D eigenvalue weighted by molar-refractivity contribution is 5.06. The zero-order valence-electron chi connectivity index (χ0n) is 8.33. The quantitative estimate of drug-likeness (QED) is 0.709. The summed E-state index contributed by atoms with van der Waals surface area (Å²) in [6.45, 7) is 3.10. The molecule has 0 amide bonds. The van der Waals surface area contributed by atoms with Gasteiger partial charge in [-0.05, 0) is 18.6 Å². The van der Waals surface area contributed by atoms with Crippen molar-refractivity contribution in [1.29, 1.82) is 0 Å². The van der Waals surface area contributed by atoms with Crippen LogP contribution in [-0.2, 0) is 13.6 Å². The SMILES string of the molecule is CCC(CO)NCc1cccn1C. The molecule has 1 heterocycles. The third kappa shape index (κ3) is 2.86. The third-order valence-corrected chi connectivity index (χ3v) is 2.34. The van der Waals surface area contributed by atoms with Crippen LogP contribution in [0.15, 0.2) is 18.3 Å². The first-order valence-electron chi connectivity index (χ1n) is 4.72. The van der Waals surface area contributed by atoms with E-state index in [4.69, 9.17) is 5.11 Å². The molecular formula is C10H18N2O. The lowest BCUT2D eigenvalue weighted by Gasteiger charge is -2.13. The van der Waals surface area contributed by atoms with Gasteiger partial charge in [0.15, 0.2) is 0 Å². The number of nitrogens with zero attached hydrogens (tertiary/aromatic N) is 1. The number of hydrogen-bond acceptors (Lipinski definition) is 2. The third-order valence-electron chi connectivity index (χ3n) is 2.34. The van der Waals surface area contributed by atoms with Gasteiger partial charge in [0.2, 0.25) is 0 Å². The topological polar surface area (TPSA) is 37.2 Å². The minimum absolute atomic E-state index is 0.209. The summed E-state index contributed by atoms with van der Waals surface area (Å²) in [5, 5.41) is 12.2. The van der Waals surface area contributed by atoms with Gasteiger partial charge in [0.1, 0.15) is 0 Å². The van der Waals surface area contributed by atoms with E-state index in [2.05, 4.69) is 22.9 Å². The maximum absolute atomic E-state index is 8.95. The summed E-state index contributed by atoms with van der Waals surface area (Å²) in [5.74, 6) is 0. The average molecular weight is 182 g/mol. The molecule has 0 saturated heterocycles. The van der Waals surface area contributed by atoms with Crippen LogP contribution in [0, 0.1) is 0 Å². The molecule has 1 aromatic heterocycles. The molecular weight excluding hydrogens is 164 g/mol. The van der Waals surface area contributed by atoms with Gasteiger partial charge in [-0.1, -0.05) is 6.92 Å². The number of aliphatic hydroxyl groups is 1. The Bertz CT molecular complexity index is 241. The maximum Gasteiger partial charge on any atom is 0.0584 e. The van der Waals surface area contributed by atoms with Crippen molar-refractivity contribution in [1.82, 2.24) is 9.88 Å². The minimum atomic E-state index is 0.209. The van der Waals surface area contributed by atoms with Gasteiger partial charge in [-0.25, -0.2) is 0 Å². The lowest BCUT2D eigenvalue weighted by molar-refractivity contribution is 0.237. The fraction of sp³-hybridized carbons (Fsp3) is 0.600. The van der Waals surface area contributed by atoms with E-state index < -0.39 is 0 Å². The molecule has 1 unspecified atom stereocenters. The average Bonchev–Trinajstić information content (AvgIpc) is 2.54. The predicted octanol–water partition coefficient (Wildman–Crippen LogP) is 0.886. The Kier molecular flexibility index (Phi) is 3.99. The Morgan fingerprint density at radius 3 is 2.85 bits per heavy atom. The fourth-order valence-electron chi connectivity index (χ4n) is 1.27. The van der Waals surface area contributed by atoms with E-state index in [0.29, 0.717) is 0 Å². The van der Waals surface area contributed by atoms with E-state index in [9.17, 15) is 0 Å². The van der Waals surface area contributed by atoms with E-state index in [1.54, 1.807) is 0 Å². The first kappa shape index (κ1) is 10.3. The molecule has 0 radical (unpaired) electrons. The van der Waals surface area contributed by atoms with Crippen LogP contribution in [0.4, 0.5) is 0 Å². The first-order valence-corrected chi connectivity index (χ1v) is 4.72. The molecule has 1 rings (SSSR count). The Morgan fingerprint density at radius 2 is 2.38 bits per heavy atom. The second kappa shape index (κ2) is 5.04. The van der Waals surface area contributed by atoms with Crippen molar-refractivity contribution in [3.05, 3.63) is 24.0 Å². The van der Waals surface area contributed by atoms with Crippen molar-refractivity contribution >= 4 is 0 Å². The number of aromatic nitrogens is 1. The highest BCUT2D eigenvalue weighted by atomic mass is 16.3. The Hall–Kier alpha value is -0.800. The normalized spacial score (nSPS) is 13.2. The Balaban J connectivity index is 2.38. The van der Waals surface area contributed by atoms with Crippen LogP contribution in [0.5, 0.6) is 0 Å². The van der Waals surface area contributed by atoms with Gasteiger partial charge in [0.05, 0.1) is 6.61 Å². The standard InChI is InChI=1S/C10H18N2O/c1-3-9(8-13)11-7-10-5-4-6-12(10)2/h4-6,9,11,13H,3,7-8H2,1-2H3. The predicted molar refractivity (Wildman–Crippen MR) is 53.4 cm³/mol. The monoisotopic (exact) mass is 182 g/mol. The molecule has 3 heteroatoms. The molecule has 2 N–H and O–H groups in total. The molecule has 0 aliphatic carbocycles. The summed E-state index contributed by atoms with van der Waals surface area (Å²) in [4.78, 5) is 0. The van der Waals surface area contributed by atoms with Gasteiger partial charge in [-0.2, -0.15) is 0 Å². The largest absolute Gasteiger partial charge is 0.395 e. The van der Waals surface area contributed by atoms with Crippen LogP contribution in [-0.4, -0.2) is 22.3 Å². The molecule has 0 bridgehead atoms. The van der Waals surface area contributed by atoms with Crippen LogP contribution in [0.25, 0.3) is 0 Å². The number of aliphatic hydroxyl groups excluding tert-OH is 1. The Morgan fingerprint density at radius 1 is 1.62 bits per heavy atom. The number of aryl methyl sites for hydroxylation is 1. The number of nitrogens with one attached hydrogen (secondary N) is 1. The molecule has 74 valence electrons. The minimum Gasteiger partial charge on any atom is -0.395 e. The van der Waals surface area contributed by atoms with Gasteiger partial charge >= 0.3 is 0 Å². The van der Waals surface area contributed by atoms with Gasteiger partial charge in [-0.15, -0.1) is 0 Å². The van der Waals surface area contributed by atoms with E-state index in [-0.39, 0.29) is 12.6 Å². The van der Waals surface area contributed by atoms with Gasteiger partial charge in [0.25, 0.3) is 0 Å². The van der Waals surface area contributed by atoms with Crippen LogP contribution in [0.2, 0.25) is 0 Å². The summed E-state index contributed by atoms with van der Waals surface area (Å²) < 4.78 is 2.08. The summed E-state index contributed by atoms with van der Waals surface area (Å²) in [6, 6.07) is 4.32.